The van der Waals surface area contributed by atoms with Crippen LogP contribution in [-0.2, 0) is 33.6 Å². The predicted octanol–water partition coefficient (Wildman–Crippen LogP) is 2.77. The van der Waals surface area contributed by atoms with E-state index in [-0.39, 0.29) is 55.9 Å². The van der Waals surface area contributed by atoms with Crippen LogP contribution in [-0.4, -0.2) is 102 Å². The van der Waals surface area contributed by atoms with Gasteiger partial charge in [-0.15, -0.1) is 0 Å². The molecule has 4 amide bonds. The van der Waals surface area contributed by atoms with Crippen molar-refractivity contribution in [1.29, 1.82) is 0 Å². The zero-order chi connectivity index (χ0) is 38.3. The van der Waals surface area contributed by atoms with Crippen LogP contribution in [0.4, 0.5) is 0 Å². The number of rotatable bonds is 34. The maximum absolute atomic E-state index is 12.3. The molecule has 0 aliphatic heterocycles. The highest BCUT2D eigenvalue weighted by molar-refractivity contribution is 5.84. The molecule has 0 saturated heterocycles. The van der Waals surface area contributed by atoms with Crippen molar-refractivity contribution in [3.05, 3.63) is 0 Å². The lowest BCUT2D eigenvalue weighted by Crippen LogP contribution is -2.42. The first-order valence-electron chi connectivity index (χ1n) is 18.9. The molecule has 0 fully saturated rings. The maximum Gasteiger partial charge on any atom is 0.326 e. The van der Waals surface area contributed by atoms with Crippen molar-refractivity contribution in [2.75, 3.05) is 26.7 Å². The summed E-state index contributed by atoms with van der Waals surface area (Å²) in [4.78, 5) is 82.7. The van der Waals surface area contributed by atoms with Crippen LogP contribution in [0.3, 0.4) is 0 Å². The molecular formula is C36H66N6O9. The van der Waals surface area contributed by atoms with Gasteiger partial charge in [0.25, 0.3) is 0 Å². The number of nitrogens with two attached hydrogens (primary N) is 2. The molecule has 0 rings (SSSR count). The van der Waals surface area contributed by atoms with Crippen LogP contribution in [0.15, 0.2) is 0 Å². The molecule has 15 nitrogen and oxygen atoms in total. The molecule has 51 heavy (non-hydrogen) atoms. The monoisotopic (exact) mass is 726 g/mol. The summed E-state index contributed by atoms with van der Waals surface area (Å²) in [6.45, 7) is 0.747. The van der Waals surface area contributed by atoms with E-state index in [1.165, 1.54) is 31.2 Å². The quantitative estimate of drug-likeness (QED) is 0.0375. The maximum atomic E-state index is 12.3. The van der Waals surface area contributed by atoms with Crippen molar-refractivity contribution in [1.82, 2.24) is 20.9 Å². The summed E-state index contributed by atoms with van der Waals surface area (Å²) in [5.74, 6) is -3.14. The second kappa shape index (κ2) is 31.2. The van der Waals surface area contributed by atoms with E-state index >= 15 is 0 Å². The summed E-state index contributed by atoms with van der Waals surface area (Å²) in [7, 11) is 1.52. The number of aliphatic carboxylic acids is 2. The molecule has 15 heteroatoms. The highest BCUT2D eigenvalue weighted by Gasteiger charge is 2.21. The molecule has 3 atom stereocenters. The summed E-state index contributed by atoms with van der Waals surface area (Å²) in [6.07, 6.45) is 16.7. The van der Waals surface area contributed by atoms with Crippen LogP contribution >= 0.6 is 0 Å². The third-order valence-electron chi connectivity index (χ3n) is 8.72. The fraction of sp³-hybridized carbons (Fsp3) is 0.806. The summed E-state index contributed by atoms with van der Waals surface area (Å²) < 4.78 is 0. The number of carbonyl (C=O) groups excluding carboxylic acids is 5. The second-order valence-electron chi connectivity index (χ2n) is 13.4. The van der Waals surface area contributed by atoms with E-state index in [9.17, 15) is 38.7 Å². The molecule has 0 aliphatic rings. The number of aldehydes is 1. The third kappa shape index (κ3) is 27.8. The molecule has 2 unspecified atom stereocenters. The second-order valence-corrected chi connectivity index (χ2v) is 13.4. The molecular weight excluding hydrogens is 660 g/mol. The van der Waals surface area contributed by atoms with E-state index in [2.05, 4.69) is 16.0 Å². The van der Waals surface area contributed by atoms with Gasteiger partial charge < -0.3 is 47.3 Å². The summed E-state index contributed by atoms with van der Waals surface area (Å²) >= 11 is 0. The zero-order valence-electron chi connectivity index (χ0n) is 30.8. The van der Waals surface area contributed by atoms with Gasteiger partial charge in [0.05, 0.1) is 18.6 Å². The number of nitrogens with zero attached hydrogens (tertiary/aromatic N) is 1. The van der Waals surface area contributed by atoms with Crippen molar-refractivity contribution < 1.29 is 43.8 Å². The normalized spacial score (nSPS) is 12.7. The fourth-order valence-corrected chi connectivity index (χ4v) is 5.51. The Bertz CT molecular complexity index is 1030. The van der Waals surface area contributed by atoms with Gasteiger partial charge >= 0.3 is 11.9 Å². The number of carbonyl (C=O) groups is 7. The average Bonchev–Trinajstić information content (AvgIpc) is 3.08. The minimum absolute atomic E-state index is 0.00611. The first kappa shape index (κ1) is 47.4. The molecule has 0 radical (unpaired) electrons. The van der Waals surface area contributed by atoms with Crippen molar-refractivity contribution >= 4 is 41.9 Å². The minimum Gasteiger partial charge on any atom is -0.481 e. The third-order valence-corrected chi connectivity index (χ3v) is 8.72. The van der Waals surface area contributed by atoms with Gasteiger partial charge in [-0.05, 0) is 57.8 Å². The van der Waals surface area contributed by atoms with Crippen molar-refractivity contribution in [2.24, 2.45) is 11.5 Å². The highest BCUT2D eigenvalue weighted by Crippen LogP contribution is 2.13. The minimum atomic E-state index is -1.18. The summed E-state index contributed by atoms with van der Waals surface area (Å²) in [6, 6.07) is -2.53. The van der Waals surface area contributed by atoms with Gasteiger partial charge in [0.2, 0.25) is 23.6 Å². The van der Waals surface area contributed by atoms with Crippen LogP contribution in [0.25, 0.3) is 0 Å². The van der Waals surface area contributed by atoms with Crippen LogP contribution in [0.5, 0.6) is 0 Å². The first-order valence-corrected chi connectivity index (χ1v) is 18.9. The molecule has 0 spiro atoms. The largest absolute Gasteiger partial charge is 0.481 e. The summed E-state index contributed by atoms with van der Waals surface area (Å²) in [5.41, 5.74) is 11.8. The topological polar surface area (TPSA) is 251 Å². The van der Waals surface area contributed by atoms with Crippen molar-refractivity contribution in [2.45, 2.75) is 159 Å². The van der Waals surface area contributed by atoms with Gasteiger partial charge in [0, 0.05) is 39.4 Å². The van der Waals surface area contributed by atoms with Gasteiger partial charge in [-0.1, -0.05) is 64.2 Å². The van der Waals surface area contributed by atoms with Gasteiger partial charge in [-0.2, -0.15) is 0 Å². The Labute approximate surface area is 303 Å². The number of unbranched alkanes of at least 4 members (excludes halogenated alkanes) is 13. The molecule has 0 aromatic carbocycles. The van der Waals surface area contributed by atoms with Gasteiger partial charge in [0.1, 0.15) is 12.3 Å². The molecule has 294 valence electrons. The van der Waals surface area contributed by atoms with E-state index in [0.717, 1.165) is 51.4 Å². The highest BCUT2D eigenvalue weighted by atomic mass is 16.4. The Morgan fingerprint density at radius 2 is 1.10 bits per heavy atom. The van der Waals surface area contributed by atoms with E-state index in [0.29, 0.717) is 64.3 Å². The number of carboxylic acid groups (broad SMARTS) is 2. The van der Waals surface area contributed by atoms with Gasteiger partial charge in [-0.25, -0.2) is 4.79 Å². The molecule has 9 N–H and O–H groups in total. The number of amides is 4. The summed E-state index contributed by atoms with van der Waals surface area (Å²) in [5, 5.41) is 26.2. The lowest BCUT2D eigenvalue weighted by molar-refractivity contribution is -0.142. The van der Waals surface area contributed by atoms with Gasteiger partial charge in [-0.3, -0.25) is 24.0 Å². The molecule has 0 aromatic rings. The van der Waals surface area contributed by atoms with Crippen molar-refractivity contribution in [3.63, 3.8) is 0 Å². The molecule has 0 aromatic heterocycles. The lowest BCUT2D eigenvalue weighted by atomic mass is 10.0. The smallest absolute Gasteiger partial charge is 0.326 e. The Balaban J connectivity index is 3.90. The Hall–Kier alpha value is -3.59. The molecule has 0 saturated carbocycles. The average molecular weight is 727 g/mol. The Morgan fingerprint density at radius 1 is 0.608 bits per heavy atom. The number of hydrogen-bond donors (Lipinski definition) is 7. The van der Waals surface area contributed by atoms with Gasteiger partial charge in [0.15, 0.2) is 0 Å². The molecule has 0 aliphatic carbocycles. The predicted molar refractivity (Wildman–Crippen MR) is 194 cm³/mol. The van der Waals surface area contributed by atoms with Crippen molar-refractivity contribution in [3.8, 4) is 0 Å². The number of carboxylic acids is 2. The van der Waals surface area contributed by atoms with Crippen LogP contribution in [0, 0.1) is 0 Å². The van der Waals surface area contributed by atoms with E-state index in [1.807, 2.05) is 0 Å². The Morgan fingerprint density at radius 3 is 1.61 bits per heavy atom. The lowest BCUT2D eigenvalue weighted by Gasteiger charge is -2.19. The number of nitrogens with one attached hydrogen (secondary N) is 3. The number of likely N-dealkylation sites (N-methyl/N-ethyl adjacent to an activating group) is 1. The van der Waals surface area contributed by atoms with Crippen LogP contribution in [0.2, 0.25) is 0 Å². The number of hydrogen-bond acceptors (Lipinski definition) is 9. The molecule has 0 bridgehead atoms. The first-order chi connectivity index (χ1) is 24.4. The zero-order valence-corrected chi connectivity index (χ0v) is 30.8. The standard InChI is InChI=1S/C36H66N6O9/c1-42(26-27-43)35(49)29(38)19-15-17-25-40-34(48)28(37)18-14-16-24-39-31(44)23-22-30(36(50)51)41-32(45)20-12-10-8-6-4-2-3-5-7-9-11-13-21-33(46)47/h27-30H,2-26,37-38H2,1H3,(H,39,44)(H,40,48)(H,41,45)(H,46,47)(H,50,51)/t28?,29-,30?/m1/s1. The fourth-order valence-electron chi connectivity index (χ4n) is 5.51. The van der Waals surface area contributed by atoms with Crippen LogP contribution in [0.1, 0.15) is 141 Å². The van der Waals surface area contributed by atoms with E-state index in [1.54, 1.807) is 0 Å². The SMILES string of the molecule is CN(CC=O)C(=O)[C@H](N)CCCCNC(=O)C(N)CCCCNC(=O)CCC(NC(=O)CCCCCCCCCCCCCCC(=O)O)C(=O)O. The Kier molecular flexibility index (Phi) is 29.0. The van der Waals surface area contributed by atoms with E-state index in [4.69, 9.17) is 16.6 Å². The molecule has 0 heterocycles. The van der Waals surface area contributed by atoms with Crippen LogP contribution < -0.4 is 27.4 Å². The van der Waals surface area contributed by atoms with E-state index < -0.39 is 30.1 Å².